The van der Waals surface area contributed by atoms with Gasteiger partial charge in [0.15, 0.2) is 48.0 Å². The lowest BCUT2D eigenvalue weighted by molar-refractivity contribution is -0.385. The van der Waals surface area contributed by atoms with E-state index in [1.165, 1.54) is 63.4 Å². The van der Waals surface area contributed by atoms with Gasteiger partial charge in [0.25, 0.3) is 0 Å². The predicted octanol–water partition coefficient (Wildman–Crippen LogP) is -1.86. The molecule has 0 aliphatic carbocycles. The van der Waals surface area contributed by atoms with Crippen molar-refractivity contribution in [2.45, 2.75) is 112 Å². The number of aromatic hydroxyl groups is 3. The van der Waals surface area contributed by atoms with E-state index in [9.17, 15) is 55.9 Å². The number of carbonyl (C=O) groups excluding carboxylic acids is 1. The van der Waals surface area contributed by atoms with Crippen LogP contribution < -0.4 is 4.74 Å². The van der Waals surface area contributed by atoms with Gasteiger partial charge in [0.1, 0.15) is 54.9 Å². The van der Waals surface area contributed by atoms with Crippen LogP contribution in [0.2, 0.25) is 0 Å². The molecule has 0 aromatic heterocycles. The first kappa shape index (κ1) is 42.5. The summed E-state index contributed by atoms with van der Waals surface area (Å²) >= 11 is 0. The molecule has 15 atom stereocenters. The topological polar surface area (TPSA) is 293 Å². The molecule has 0 saturated carbocycles. The van der Waals surface area contributed by atoms with Crippen LogP contribution in [-0.4, -0.2) is 169 Å². The minimum Gasteiger partial charge on any atom is -0.504 e. The molecule has 3 saturated heterocycles. The average molecular weight is 785 g/mol. The van der Waals surface area contributed by atoms with E-state index in [1.807, 2.05) is 0 Å². The van der Waals surface area contributed by atoms with Crippen molar-refractivity contribution < 1.29 is 93.8 Å². The van der Waals surface area contributed by atoms with Crippen LogP contribution in [0.5, 0.6) is 23.0 Å². The Bertz CT molecular complexity index is 1610. The number of hydrogen-bond donors (Lipinski definition) is 10. The molecule has 19 heteroatoms. The van der Waals surface area contributed by atoms with Gasteiger partial charge in [-0.25, -0.2) is 4.79 Å². The number of ether oxygens (including phenoxy) is 8. The summed E-state index contributed by atoms with van der Waals surface area (Å²) in [6.07, 6.45) is -21.1. The first-order valence-electron chi connectivity index (χ1n) is 17.5. The number of methoxy groups -OCH3 is 1. The van der Waals surface area contributed by atoms with Crippen LogP contribution in [0, 0.1) is 0 Å². The largest absolute Gasteiger partial charge is 0.504 e. The van der Waals surface area contributed by atoms with E-state index >= 15 is 0 Å². The third-order valence-electron chi connectivity index (χ3n) is 9.55. The maximum atomic E-state index is 13.2. The van der Waals surface area contributed by atoms with Crippen LogP contribution in [0.4, 0.5) is 0 Å². The van der Waals surface area contributed by atoms with Gasteiger partial charge in [0, 0.05) is 6.08 Å². The Morgan fingerprint density at radius 3 is 2.04 bits per heavy atom. The monoisotopic (exact) mass is 784 g/mol. The van der Waals surface area contributed by atoms with Gasteiger partial charge in [-0.3, -0.25) is 0 Å². The van der Waals surface area contributed by atoms with Gasteiger partial charge >= 0.3 is 5.97 Å². The summed E-state index contributed by atoms with van der Waals surface area (Å²) < 4.78 is 45.7. The third-order valence-corrected chi connectivity index (χ3v) is 9.55. The van der Waals surface area contributed by atoms with Crippen LogP contribution in [0.15, 0.2) is 42.5 Å². The van der Waals surface area contributed by atoms with Crippen molar-refractivity contribution in [2.24, 2.45) is 0 Å². The van der Waals surface area contributed by atoms with E-state index in [0.717, 1.165) is 6.08 Å². The molecule has 306 valence electrons. The molecule has 19 nitrogen and oxygen atoms in total. The number of carbonyl (C=O) groups is 1. The van der Waals surface area contributed by atoms with Crippen molar-refractivity contribution in [1.29, 1.82) is 0 Å². The van der Waals surface area contributed by atoms with Crippen LogP contribution >= 0.6 is 0 Å². The molecule has 3 aliphatic rings. The number of benzene rings is 2. The molecule has 0 radical (unpaired) electrons. The molecule has 2 aromatic rings. The van der Waals surface area contributed by atoms with E-state index in [4.69, 9.17) is 37.9 Å². The first-order valence-corrected chi connectivity index (χ1v) is 17.5. The number of esters is 1. The van der Waals surface area contributed by atoms with E-state index in [-0.39, 0.29) is 36.0 Å². The molecule has 3 aliphatic heterocycles. The lowest BCUT2D eigenvalue weighted by Crippen LogP contribution is -2.66. The Hall–Kier alpha value is -3.67. The van der Waals surface area contributed by atoms with Gasteiger partial charge in [0.05, 0.1) is 32.5 Å². The SMILES string of the molecule is COc1cc(C=CC(=O)OC2C(CO)OC(OCCc3ccc(O)c(O)c3)C(O)C2OC2OC(C)C(O)C(O)C2OC2OC(C)C(O)C(O)C2O)ccc1O. The van der Waals surface area contributed by atoms with E-state index in [2.05, 4.69) is 0 Å². The van der Waals surface area contributed by atoms with Crippen molar-refractivity contribution in [3.8, 4) is 23.0 Å². The molecule has 3 fully saturated rings. The smallest absolute Gasteiger partial charge is 0.331 e. The van der Waals surface area contributed by atoms with Crippen LogP contribution in [0.25, 0.3) is 6.08 Å². The summed E-state index contributed by atoms with van der Waals surface area (Å²) in [5.74, 6) is -1.68. The highest BCUT2D eigenvalue weighted by Gasteiger charge is 2.54. The Balaban J connectivity index is 1.41. The Kier molecular flexibility index (Phi) is 14.3. The second-order valence-electron chi connectivity index (χ2n) is 13.4. The van der Waals surface area contributed by atoms with Crippen LogP contribution in [-0.2, 0) is 44.4 Å². The summed E-state index contributed by atoms with van der Waals surface area (Å²) in [6, 6.07) is 8.42. The first-order chi connectivity index (χ1) is 26.1. The van der Waals surface area contributed by atoms with E-state index in [1.54, 1.807) is 0 Å². The van der Waals surface area contributed by atoms with Gasteiger partial charge in [-0.15, -0.1) is 0 Å². The summed E-state index contributed by atoms with van der Waals surface area (Å²) in [6.45, 7) is 1.88. The molecule has 2 aromatic carbocycles. The number of phenols is 3. The van der Waals surface area contributed by atoms with E-state index in [0.29, 0.717) is 11.1 Å². The molecule has 5 rings (SSSR count). The second kappa shape index (κ2) is 18.5. The maximum absolute atomic E-state index is 13.2. The molecule has 55 heavy (non-hydrogen) atoms. The van der Waals surface area contributed by atoms with Crippen molar-refractivity contribution in [3.63, 3.8) is 0 Å². The zero-order chi connectivity index (χ0) is 40.1. The third kappa shape index (κ3) is 9.84. The standard InChI is InChI=1S/C36H48O19/c1-15-25(42)27(44)29(46)35(50-15)55-33-28(45)26(43)16(2)51-36(33)54-32-30(47)34(49-11-10-18-4-7-19(38)21(40)12-18)52-23(14-37)31(32)53-24(41)9-6-17-5-8-20(39)22(13-17)48-3/h4-9,12-13,15-16,23,25-40,42-47H,10-11,14H2,1-3H3. The fraction of sp³-hybridized carbons (Fsp3) is 0.583. The van der Waals surface area contributed by atoms with Crippen molar-refractivity contribution >= 4 is 12.0 Å². The van der Waals surface area contributed by atoms with Crippen LogP contribution in [0.3, 0.4) is 0 Å². The van der Waals surface area contributed by atoms with Gasteiger partial charge in [0.2, 0.25) is 0 Å². The normalized spacial score (nSPS) is 36.8. The number of phenolic OH excluding ortho intramolecular Hbond substituents is 3. The summed E-state index contributed by atoms with van der Waals surface area (Å²) in [5, 5.41) is 104. The van der Waals surface area contributed by atoms with E-state index < -0.39 is 105 Å². The molecule has 3 heterocycles. The highest BCUT2D eigenvalue weighted by molar-refractivity contribution is 5.87. The van der Waals surface area contributed by atoms with Gasteiger partial charge < -0.3 is 89.0 Å². The lowest BCUT2D eigenvalue weighted by atomic mass is 9.96. The van der Waals surface area contributed by atoms with Crippen molar-refractivity contribution in [3.05, 3.63) is 53.6 Å². The highest BCUT2D eigenvalue weighted by atomic mass is 16.8. The fourth-order valence-corrected chi connectivity index (χ4v) is 6.32. The zero-order valence-corrected chi connectivity index (χ0v) is 30.0. The van der Waals surface area contributed by atoms with Crippen LogP contribution in [0.1, 0.15) is 25.0 Å². The molecule has 0 amide bonds. The number of rotatable bonds is 13. The van der Waals surface area contributed by atoms with Gasteiger partial charge in [-0.05, 0) is 61.7 Å². The Morgan fingerprint density at radius 2 is 1.36 bits per heavy atom. The predicted molar refractivity (Wildman–Crippen MR) is 183 cm³/mol. The highest BCUT2D eigenvalue weighted by Crippen LogP contribution is 2.35. The maximum Gasteiger partial charge on any atom is 0.331 e. The van der Waals surface area contributed by atoms with Gasteiger partial charge in [-0.2, -0.15) is 0 Å². The minimum absolute atomic E-state index is 0.128. The Labute approximate surface area is 315 Å². The zero-order valence-electron chi connectivity index (χ0n) is 30.0. The fourth-order valence-electron chi connectivity index (χ4n) is 6.32. The lowest BCUT2D eigenvalue weighted by Gasteiger charge is -2.48. The van der Waals surface area contributed by atoms with Crippen molar-refractivity contribution in [1.82, 2.24) is 0 Å². The summed E-state index contributed by atoms with van der Waals surface area (Å²) in [4.78, 5) is 13.2. The molecular weight excluding hydrogens is 736 g/mol. The summed E-state index contributed by atoms with van der Waals surface area (Å²) in [7, 11) is 1.35. The number of aliphatic hydroxyl groups excluding tert-OH is 7. The Morgan fingerprint density at radius 1 is 0.709 bits per heavy atom. The molecular formula is C36H48O19. The van der Waals surface area contributed by atoms with Gasteiger partial charge in [-0.1, -0.05) is 12.1 Å². The summed E-state index contributed by atoms with van der Waals surface area (Å²) in [5.41, 5.74) is 0.984. The minimum atomic E-state index is -1.83. The number of aliphatic hydroxyl groups is 7. The molecule has 0 spiro atoms. The van der Waals surface area contributed by atoms with Crippen molar-refractivity contribution in [2.75, 3.05) is 20.3 Å². The molecule has 0 bridgehead atoms. The average Bonchev–Trinajstić information content (AvgIpc) is 3.16. The second-order valence-corrected chi connectivity index (χ2v) is 13.4. The quantitative estimate of drug-likeness (QED) is 0.0605. The molecule has 10 N–H and O–H groups in total. The number of hydrogen-bond acceptors (Lipinski definition) is 19. The molecule has 15 unspecified atom stereocenters.